The lowest BCUT2D eigenvalue weighted by Crippen LogP contribution is -2.17. The Hall–Kier alpha value is -2.03. The van der Waals surface area contributed by atoms with Gasteiger partial charge in [0.05, 0.1) is 0 Å². The van der Waals surface area contributed by atoms with Crippen molar-refractivity contribution in [1.29, 1.82) is 0 Å². The summed E-state index contributed by atoms with van der Waals surface area (Å²) in [6, 6.07) is 15.4. The van der Waals surface area contributed by atoms with Crippen molar-refractivity contribution in [2.75, 3.05) is 23.3 Å². The molecule has 3 rings (SSSR count). The highest BCUT2D eigenvalue weighted by atomic mass is 19.1. The molecule has 2 aromatic carbocycles. The van der Waals surface area contributed by atoms with Gasteiger partial charge in [0.1, 0.15) is 5.82 Å². The monoisotopic (exact) mass is 284 g/mol. The molecule has 1 unspecified atom stereocenters. The molecule has 0 radical (unpaired) electrons. The second-order valence-electron chi connectivity index (χ2n) is 5.66. The summed E-state index contributed by atoms with van der Waals surface area (Å²) in [7, 11) is 0. The Morgan fingerprint density at radius 1 is 1.05 bits per heavy atom. The average Bonchev–Trinajstić information content (AvgIpc) is 3.02. The van der Waals surface area contributed by atoms with E-state index in [1.165, 1.54) is 30.7 Å². The zero-order valence-electron chi connectivity index (χ0n) is 12.3. The van der Waals surface area contributed by atoms with E-state index in [0.717, 1.165) is 24.3 Å². The summed E-state index contributed by atoms with van der Waals surface area (Å²) >= 11 is 0. The maximum atomic E-state index is 13.0. The average molecular weight is 284 g/mol. The lowest BCUT2D eigenvalue weighted by Gasteiger charge is -2.20. The van der Waals surface area contributed by atoms with E-state index in [-0.39, 0.29) is 11.9 Å². The molecule has 0 amide bonds. The molecule has 1 aliphatic heterocycles. The van der Waals surface area contributed by atoms with Gasteiger partial charge in [0.15, 0.2) is 0 Å². The number of nitrogens with zero attached hydrogens (tertiary/aromatic N) is 1. The van der Waals surface area contributed by atoms with Crippen LogP contribution >= 0.6 is 0 Å². The number of hydrogen-bond donors (Lipinski definition) is 1. The third kappa shape index (κ3) is 3.35. The van der Waals surface area contributed by atoms with Crippen molar-refractivity contribution >= 4 is 11.4 Å². The van der Waals surface area contributed by atoms with Gasteiger partial charge >= 0.3 is 0 Å². The van der Waals surface area contributed by atoms with Crippen LogP contribution < -0.4 is 10.2 Å². The topological polar surface area (TPSA) is 15.3 Å². The van der Waals surface area contributed by atoms with Crippen molar-refractivity contribution in [2.24, 2.45) is 0 Å². The third-order valence-electron chi connectivity index (χ3n) is 4.07. The van der Waals surface area contributed by atoms with E-state index in [4.69, 9.17) is 0 Å². The van der Waals surface area contributed by atoms with Crippen LogP contribution in [0.4, 0.5) is 15.8 Å². The van der Waals surface area contributed by atoms with Crippen LogP contribution in [-0.2, 0) is 0 Å². The zero-order chi connectivity index (χ0) is 14.7. The van der Waals surface area contributed by atoms with E-state index in [1.54, 1.807) is 0 Å². The van der Waals surface area contributed by atoms with Crippen molar-refractivity contribution in [3.63, 3.8) is 0 Å². The fourth-order valence-corrected chi connectivity index (χ4v) is 2.85. The zero-order valence-corrected chi connectivity index (χ0v) is 12.3. The van der Waals surface area contributed by atoms with Crippen LogP contribution in [0.15, 0.2) is 48.5 Å². The first kappa shape index (κ1) is 13.9. The van der Waals surface area contributed by atoms with Gasteiger partial charge in [-0.05, 0) is 55.7 Å². The first-order valence-corrected chi connectivity index (χ1v) is 7.59. The minimum absolute atomic E-state index is 0.152. The molecule has 1 fully saturated rings. The van der Waals surface area contributed by atoms with E-state index in [1.807, 2.05) is 12.1 Å². The summed E-state index contributed by atoms with van der Waals surface area (Å²) in [5, 5.41) is 3.49. The molecule has 2 nitrogen and oxygen atoms in total. The van der Waals surface area contributed by atoms with Crippen LogP contribution in [0.1, 0.15) is 31.4 Å². The molecule has 1 N–H and O–H groups in total. The highest BCUT2D eigenvalue weighted by molar-refractivity contribution is 5.59. The summed E-state index contributed by atoms with van der Waals surface area (Å²) in [5.74, 6) is -0.193. The van der Waals surface area contributed by atoms with Gasteiger partial charge < -0.3 is 10.2 Å². The number of hydrogen-bond acceptors (Lipinski definition) is 2. The number of benzene rings is 2. The van der Waals surface area contributed by atoms with Gasteiger partial charge in [0.2, 0.25) is 0 Å². The number of nitrogens with one attached hydrogen (secondary N) is 1. The third-order valence-corrected chi connectivity index (χ3v) is 4.07. The molecule has 3 heteroatoms. The van der Waals surface area contributed by atoms with E-state index in [2.05, 4.69) is 41.4 Å². The van der Waals surface area contributed by atoms with E-state index in [9.17, 15) is 4.39 Å². The molecular weight excluding hydrogens is 263 g/mol. The van der Waals surface area contributed by atoms with E-state index < -0.39 is 0 Å². The van der Waals surface area contributed by atoms with Crippen molar-refractivity contribution in [1.82, 2.24) is 0 Å². The maximum absolute atomic E-state index is 13.0. The largest absolute Gasteiger partial charge is 0.378 e. The van der Waals surface area contributed by atoms with Crippen molar-refractivity contribution in [2.45, 2.75) is 25.8 Å². The SMILES string of the molecule is CC(Nc1cccc(N2CCCC2)c1)c1ccc(F)cc1. The van der Waals surface area contributed by atoms with Crippen LogP contribution in [-0.4, -0.2) is 13.1 Å². The van der Waals surface area contributed by atoms with Crippen LogP contribution in [0.5, 0.6) is 0 Å². The molecule has 0 saturated carbocycles. The van der Waals surface area contributed by atoms with Crippen molar-refractivity contribution in [3.8, 4) is 0 Å². The maximum Gasteiger partial charge on any atom is 0.123 e. The van der Waals surface area contributed by atoms with Gasteiger partial charge in [0.25, 0.3) is 0 Å². The molecule has 0 aromatic heterocycles. The Balaban J connectivity index is 1.72. The minimum Gasteiger partial charge on any atom is -0.378 e. The van der Waals surface area contributed by atoms with Gasteiger partial charge in [-0.15, -0.1) is 0 Å². The van der Waals surface area contributed by atoms with E-state index >= 15 is 0 Å². The van der Waals surface area contributed by atoms with Crippen molar-refractivity contribution < 1.29 is 4.39 Å². The predicted molar refractivity (Wildman–Crippen MR) is 86.3 cm³/mol. The smallest absolute Gasteiger partial charge is 0.123 e. The van der Waals surface area contributed by atoms with Gasteiger partial charge in [-0.2, -0.15) is 0 Å². The molecule has 110 valence electrons. The van der Waals surface area contributed by atoms with Crippen LogP contribution in [0.2, 0.25) is 0 Å². The molecule has 0 spiro atoms. The van der Waals surface area contributed by atoms with Crippen LogP contribution in [0, 0.1) is 5.82 Å². The number of halogens is 1. The molecule has 0 bridgehead atoms. The highest BCUT2D eigenvalue weighted by Gasteiger charge is 2.13. The lowest BCUT2D eigenvalue weighted by molar-refractivity contribution is 0.626. The van der Waals surface area contributed by atoms with Gasteiger partial charge in [-0.3, -0.25) is 0 Å². The number of anilines is 2. The summed E-state index contributed by atoms with van der Waals surface area (Å²) in [6.07, 6.45) is 2.56. The van der Waals surface area contributed by atoms with Crippen LogP contribution in [0.25, 0.3) is 0 Å². The fraction of sp³-hybridized carbons (Fsp3) is 0.333. The molecule has 0 aliphatic carbocycles. The Morgan fingerprint density at radius 2 is 1.76 bits per heavy atom. The normalized spacial score (nSPS) is 16.0. The lowest BCUT2D eigenvalue weighted by atomic mass is 10.1. The van der Waals surface area contributed by atoms with Crippen LogP contribution in [0.3, 0.4) is 0 Å². The standard InChI is InChI=1S/C18H21FN2/c1-14(15-7-9-16(19)10-8-15)20-17-5-4-6-18(13-17)21-11-2-3-12-21/h4-10,13-14,20H,2-3,11-12H2,1H3. The highest BCUT2D eigenvalue weighted by Crippen LogP contribution is 2.26. The van der Waals surface area contributed by atoms with Crippen molar-refractivity contribution in [3.05, 3.63) is 59.9 Å². The van der Waals surface area contributed by atoms with Gasteiger partial charge in [-0.1, -0.05) is 18.2 Å². The Kier molecular flexibility index (Phi) is 4.09. The Labute approximate surface area is 125 Å². The summed E-state index contributed by atoms with van der Waals surface area (Å²) < 4.78 is 13.0. The molecule has 1 heterocycles. The fourth-order valence-electron chi connectivity index (χ4n) is 2.85. The van der Waals surface area contributed by atoms with Gasteiger partial charge in [-0.25, -0.2) is 4.39 Å². The first-order chi connectivity index (χ1) is 10.2. The molecular formula is C18H21FN2. The minimum atomic E-state index is -0.193. The summed E-state index contributed by atoms with van der Waals surface area (Å²) in [5.41, 5.74) is 3.48. The Bertz CT molecular complexity index is 588. The predicted octanol–water partition coefficient (Wildman–Crippen LogP) is 4.60. The van der Waals surface area contributed by atoms with Gasteiger partial charge in [0, 0.05) is 30.5 Å². The molecule has 1 saturated heterocycles. The Morgan fingerprint density at radius 3 is 2.48 bits per heavy atom. The molecule has 1 aliphatic rings. The summed E-state index contributed by atoms with van der Waals surface area (Å²) in [4.78, 5) is 2.42. The molecule has 2 aromatic rings. The second kappa shape index (κ2) is 6.17. The quantitative estimate of drug-likeness (QED) is 0.882. The first-order valence-electron chi connectivity index (χ1n) is 7.59. The summed E-state index contributed by atoms with van der Waals surface area (Å²) in [6.45, 7) is 4.39. The number of rotatable bonds is 4. The molecule has 21 heavy (non-hydrogen) atoms. The second-order valence-corrected chi connectivity index (χ2v) is 5.66. The molecule has 1 atom stereocenters. The van der Waals surface area contributed by atoms with E-state index in [0.29, 0.717) is 0 Å².